The average Bonchev–Trinajstić information content (AvgIpc) is 2.56. The number of nitrogens with zero attached hydrogens (tertiary/aromatic N) is 1. The van der Waals surface area contributed by atoms with Gasteiger partial charge in [0, 0.05) is 17.3 Å². The van der Waals surface area contributed by atoms with E-state index in [9.17, 15) is 19.7 Å². The number of ketones is 1. The number of nitro benzene ring substituents is 1. The van der Waals surface area contributed by atoms with Crippen molar-refractivity contribution in [3.05, 3.63) is 63.2 Å². The summed E-state index contributed by atoms with van der Waals surface area (Å²) in [5.41, 5.74) is 1.94. The predicted octanol–water partition coefficient (Wildman–Crippen LogP) is 3.64. The molecule has 0 saturated heterocycles. The van der Waals surface area contributed by atoms with E-state index in [1.165, 1.54) is 32.2 Å². The Morgan fingerprint density at radius 2 is 1.75 bits per heavy atom. The Morgan fingerprint density at radius 1 is 1.08 bits per heavy atom. The van der Waals surface area contributed by atoms with Crippen molar-refractivity contribution in [1.29, 1.82) is 0 Å². The van der Waals surface area contributed by atoms with Crippen molar-refractivity contribution >= 4 is 28.8 Å². The van der Waals surface area contributed by atoms with Crippen LogP contribution in [0.4, 0.5) is 17.1 Å². The molecule has 0 atom stereocenters. The molecule has 2 rings (SSSR count). The summed E-state index contributed by atoms with van der Waals surface area (Å²) < 4.78 is 4.67. The number of anilines is 2. The zero-order chi connectivity index (χ0) is 17.9. The van der Waals surface area contributed by atoms with Crippen molar-refractivity contribution in [1.82, 2.24) is 0 Å². The van der Waals surface area contributed by atoms with Crippen molar-refractivity contribution in [3.8, 4) is 0 Å². The minimum atomic E-state index is -0.561. The third-order valence-corrected chi connectivity index (χ3v) is 3.53. The molecule has 0 bridgehead atoms. The van der Waals surface area contributed by atoms with Gasteiger partial charge >= 0.3 is 5.97 Å². The van der Waals surface area contributed by atoms with Crippen LogP contribution in [-0.4, -0.2) is 23.8 Å². The lowest BCUT2D eigenvalue weighted by molar-refractivity contribution is -0.383. The molecule has 7 heteroatoms. The number of aryl methyl sites for hydroxylation is 1. The van der Waals surface area contributed by atoms with E-state index in [1.54, 1.807) is 25.1 Å². The van der Waals surface area contributed by atoms with Gasteiger partial charge in [-0.1, -0.05) is 6.07 Å². The maximum absolute atomic E-state index is 11.6. The number of benzene rings is 2. The molecule has 124 valence electrons. The molecule has 0 unspecified atom stereocenters. The molecule has 0 amide bonds. The summed E-state index contributed by atoms with van der Waals surface area (Å²) in [6.45, 7) is 3.15. The molecule has 24 heavy (non-hydrogen) atoms. The lowest BCUT2D eigenvalue weighted by Gasteiger charge is -2.12. The van der Waals surface area contributed by atoms with Crippen LogP contribution in [0, 0.1) is 17.0 Å². The lowest BCUT2D eigenvalue weighted by atomic mass is 10.1. The molecule has 0 fully saturated rings. The molecule has 7 nitrogen and oxygen atoms in total. The van der Waals surface area contributed by atoms with Crippen LogP contribution in [0.2, 0.25) is 0 Å². The summed E-state index contributed by atoms with van der Waals surface area (Å²) in [6, 6.07) is 9.09. The lowest BCUT2D eigenvalue weighted by Crippen LogP contribution is -2.04. The Balaban J connectivity index is 2.46. The van der Waals surface area contributed by atoms with Crippen LogP contribution >= 0.6 is 0 Å². The summed E-state index contributed by atoms with van der Waals surface area (Å²) in [7, 11) is 1.28. The standard InChI is InChI=1S/C17H16N2O5/c1-10-4-5-13(17(21)24-3)8-15(10)18-14-7-6-12(11(2)20)9-16(14)19(22)23/h4-9,18H,1-3H3. The van der Waals surface area contributed by atoms with Gasteiger partial charge in [0.05, 0.1) is 17.6 Å². The average molecular weight is 328 g/mol. The number of esters is 1. The number of methoxy groups -OCH3 is 1. The van der Waals surface area contributed by atoms with E-state index < -0.39 is 10.9 Å². The van der Waals surface area contributed by atoms with Crippen molar-refractivity contribution in [3.63, 3.8) is 0 Å². The molecule has 2 aromatic rings. The van der Waals surface area contributed by atoms with Crippen LogP contribution in [0.3, 0.4) is 0 Å². The first kappa shape index (κ1) is 17.1. The van der Waals surface area contributed by atoms with Crippen LogP contribution in [0.15, 0.2) is 36.4 Å². The number of nitrogens with one attached hydrogen (secondary N) is 1. The van der Waals surface area contributed by atoms with E-state index in [2.05, 4.69) is 10.1 Å². The highest BCUT2D eigenvalue weighted by Crippen LogP contribution is 2.30. The van der Waals surface area contributed by atoms with Crippen molar-refractivity contribution in [2.45, 2.75) is 13.8 Å². The molecule has 1 N–H and O–H groups in total. The molecular weight excluding hydrogens is 312 g/mol. The second-order valence-corrected chi connectivity index (χ2v) is 5.19. The normalized spacial score (nSPS) is 10.1. The van der Waals surface area contributed by atoms with E-state index >= 15 is 0 Å². The van der Waals surface area contributed by atoms with Gasteiger partial charge in [0.25, 0.3) is 5.69 Å². The smallest absolute Gasteiger partial charge is 0.337 e. The number of ether oxygens (including phenoxy) is 1. The monoisotopic (exact) mass is 328 g/mol. The Labute approximate surface area is 138 Å². The number of carbonyl (C=O) groups excluding carboxylic acids is 2. The topological polar surface area (TPSA) is 98.5 Å². The van der Waals surface area contributed by atoms with Crippen LogP contribution in [0.5, 0.6) is 0 Å². The third-order valence-electron chi connectivity index (χ3n) is 3.53. The summed E-state index contributed by atoms with van der Waals surface area (Å²) in [5.74, 6) is -0.756. The molecule has 0 aliphatic heterocycles. The zero-order valence-corrected chi connectivity index (χ0v) is 13.5. The van der Waals surface area contributed by atoms with Gasteiger partial charge in [0.2, 0.25) is 0 Å². The number of rotatable bonds is 5. The number of Topliss-reactive ketones (excluding diaryl/α,β-unsaturated/α-hetero) is 1. The van der Waals surface area contributed by atoms with Crippen LogP contribution in [-0.2, 0) is 4.74 Å². The molecule has 0 spiro atoms. The first-order valence-electron chi connectivity index (χ1n) is 7.09. The molecule has 0 aliphatic carbocycles. The third kappa shape index (κ3) is 3.57. The summed E-state index contributed by atoms with van der Waals surface area (Å²) in [6.07, 6.45) is 0. The number of carbonyl (C=O) groups is 2. The molecule has 0 aromatic heterocycles. The Kier molecular flexibility index (Phi) is 4.93. The quantitative estimate of drug-likeness (QED) is 0.389. The fourth-order valence-corrected chi connectivity index (χ4v) is 2.15. The second-order valence-electron chi connectivity index (χ2n) is 5.19. The first-order valence-corrected chi connectivity index (χ1v) is 7.09. The summed E-state index contributed by atoms with van der Waals surface area (Å²) in [4.78, 5) is 33.7. The van der Waals surface area contributed by atoms with Crippen molar-refractivity contribution in [2.75, 3.05) is 12.4 Å². The summed E-state index contributed by atoms with van der Waals surface area (Å²) in [5, 5.41) is 14.2. The fourth-order valence-electron chi connectivity index (χ4n) is 2.15. The van der Waals surface area contributed by atoms with Gasteiger partial charge in [0.15, 0.2) is 5.78 Å². The van der Waals surface area contributed by atoms with E-state index in [-0.39, 0.29) is 22.7 Å². The van der Waals surface area contributed by atoms with Gasteiger partial charge in [-0.2, -0.15) is 0 Å². The molecule has 0 heterocycles. The molecular formula is C17H16N2O5. The van der Waals surface area contributed by atoms with E-state index in [4.69, 9.17) is 0 Å². The van der Waals surface area contributed by atoms with Crippen LogP contribution in [0.25, 0.3) is 0 Å². The number of hydrogen-bond acceptors (Lipinski definition) is 6. The van der Waals surface area contributed by atoms with Crippen LogP contribution < -0.4 is 5.32 Å². The molecule has 2 aromatic carbocycles. The maximum Gasteiger partial charge on any atom is 0.337 e. The van der Waals surface area contributed by atoms with Gasteiger partial charge in [-0.25, -0.2) is 4.79 Å². The Hall–Kier alpha value is -3.22. The van der Waals surface area contributed by atoms with Crippen molar-refractivity contribution in [2.24, 2.45) is 0 Å². The zero-order valence-electron chi connectivity index (χ0n) is 13.5. The first-order chi connectivity index (χ1) is 11.3. The number of nitro groups is 1. The minimum Gasteiger partial charge on any atom is -0.465 e. The predicted molar refractivity (Wildman–Crippen MR) is 88.9 cm³/mol. The molecule has 0 radical (unpaired) electrons. The maximum atomic E-state index is 11.6. The van der Waals surface area contributed by atoms with Gasteiger partial charge < -0.3 is 10.1 Å². The van der Waals surface area contributed by atoms with E-state index in [0.717, 1.165) is 5.56 Å². The minimum absolute atomic E-state index is 0.217. The highest BCUT2D eigenvalue weighted by atomic mass is 16.6. The van der Waals surface area contributed by atoms with Crippen LogP contribution in [0.1, 0.15) is 33.2 Å². The SMILES string of the molecule is COC(=O)c1ccc(C)c(Nc2ccc(C(C)=O)cc2[N+](=O)[O-])c1. The van der Waals surface area contributed by atoms with E-state index in [0.29, 0.717) is 11.3 Å². The second kappa shape index (κ2) is 6.91. The molecule has 0 saturated carbocycles. The Bertz CT molecular complexity index is 830. The van der Waals surface area contributed by atoms with Gasteiger partial charge in [-0.3, -0.25) is 14.9 Å². The van der Waals surface area contributed by atoms with Gasteiger partial charge in [-0.05, 0) is 43.7 Å². The van der Waals surface area contributed by atoms with E-state index in [1.807, 2.05) is 0 Å². The van der Waals surface area contributed by atoms with Crippen molar-refractivity contribution < 1.29 is 19.2 Å². The van der Waals surface area contributed by atoms with Gasteiger partial charge in [-0.15, -0.1) is 0 Å². The highest BCUT2D eigenvalue weighted by Gasteiger charge is 2.17. The summed E-state index contributed by atoms with van der Waals surface area (Å²) >= 11 is 0. The largest absolute Gasteiger partial charge is 0.465 e. The molecule has 0 aliphatic rings. The van der Waals surface area contributed by atoms with Gasteiger partial charge in [0.1, 0.15) is 5.69 Å². The number of hydrogen-bond donors (Lipinski definition) is 1. The highest BCUT2D eigenvalue weighted by molar-refractivity contribution is 5.96. The Morgan fingerprint density at radius 3 is 2.33 bits per heavy atom. The fraction of sp³-hybridized carbons (Fsp3) is 0.176.